The fourth-order valence-corrected chi connectivity index (χ4v) is 4.69. The van der Waals surface area contributed by atoms with Gasteiger partial charge in [-0.3, -0.25) is 9.69 Å². The van der Waals surface area contributed by atoms with E-state index in [1.807, 2.05) is 0 Å². The maximum absolute atomic E-state index is 14.4. The van der Waals surface area contributed by atoms with Gasteiger partial charge in [0.25, 0.3) is 5.91 Å². The summed E-state index contributed by atoms with van der Waals surface area (Å²) in [5.74, 6) is -1.48. The predicted molar refractivity (Wildman–Crippen MR) is 128 cm³/mol. The first-order valence-corrected chi connectivity index (χ1v) is 12.1. The van der Waals surface area contributed by atoms with Crippen molar-refractivity contribution in [3.8, 4) is 16.9 Å². The van der Waals surface area contributed by atoms with Gasteiger partial charge in [-0.2, -0.15) is 12.8 Å². The molecule has 1 atom stereocenters. The number of aromatic nitrogens is 1. The average Bonchev–Trinajstić information content (AvgIpc) is 3.08. The van der Waals surface area contributed by atoms with E-state index in [4.69, 9.17) is 14.7 Å². The number of halogens is 1. The number of hydrogen-bond acceptors (Lipinski definition) is 8. The number of carbonyl (C=O) groups excluding carboxylic acids is 1. The molecule has 0 radical (unpaired) electrons. The molecular weight excluding hydrogens is 475 g/mol. The second-order valence-corrected chi connectivity index (χ2v) is 9.52. The second-order valence-electron chi connectivity index (χ2n) is 7.83. The summed E-state index contributed by atoms with van der Waals surface area (Å²) in [7, 11) is -1.06. The van der Waals surface area contributed by atoms with Crippen LogP contribution in [0.25, 0.3) is 11.1 Å². The maximum atomic E-state index is 14.4. The largest absolute Gasteiger partial charge is 0.383 e. The third kappa shape index (κ3) is 4.60. The van der Waals surface area contributed by atoms with Crippen molar-refractivity contribution in [3.63, 3.8) is 0 Å². The lowest BCUT2D eigenvalue weighted by Gasteiger charge is -2.27. The van der Waals surface area contributed by atoms with Crippen molar-refractivity contribution in [1.82, 2.24) is 9.88 Å². The lowest BCUT2D eigenvalue weighted by atomic mass is 9.81. The molecular formula is C24H23FN4O5S. The maximum Gasteiger partial charge on any atom is 0.311 e. The summed E-state index contributed by atoms with van der Waals surface area (Å²) in [5, 5.41) is 0. The summed E-state index contributed by atoms with van der Waals surface area (Å²) < 4.78 is 49.0. The monoisotopic (exact) mass is 498 g/mol. The molecule has 0 saturated heterocycles. The lowest BCUT2D eigenvalue weighted by Crippen LogP contribution is -2.41. The Balaban J connectivity index is 1.85. The fraction of sp³-hybridized carbons (Fsp3) is 0.208. The first-order chi connectivity index (χ1) is 16.7. The van der Waals surface area contributed by atoms with Crippen molar-refractivity contribution >= 4 is 22.0 Å². The molecule has 0 spiro atoms. The zero-order valence-electron chi connectivity index (χ0n) is 19.0. The van der Waals surface area contributed by atoms with Crippen LogP contribution < -0.4 is 9.92 Å². The van der Waals surface area contributed by atoms with Crippen LogP contribution in [-0.4, -0.2) is 56.7 Å². The van der Waals surface area contributed by atoms with E-state index in [1.165, 1.54) is 37.4 Å². The van der Waals surface area contributed by atoms with Gasteiger partial charge in [0.1, 0.15) is 11.5 Å². The SMILES string of the molecule is COCCS(=O)(=O)Oc1cccc(C2(c3cccc(-c4cccnc4F)c3)N=C(N)N(C)C2=O)c1. The summed E-state index contributed by atoms with van der Waals surface area (Å²) in [6, 6.07) is 15.9. The Morgan fingerprint density at radius 3 is 2.46 bits per heavy atom. The fourth-order valence-electron chi connectivity index (χ4n) is 3.84. The molecule has 3 aromatic rings. The van der Waals surface area contributed by atoms with Gasteiger partial charge in [-0.15, -0.1) is 0 Å². The van der Waals surface area contributed by atoms with Crippen LogP contribution in [-0.2, 0) is 25.2 Å². The number of rotatable bonds is 8. The Bertz CT molecular complexity index is 1410. The van der Waals surface area contributed by atoms with Gasteiger partial charge in [-0.05, 0) is 47.0 Å². The van der Waals surface area contributed by atoms with Gasteiger partial charge in [0.15, 0.2) is 11.5 Å². The summed E-state index contributed by atoms with van der Waals surface area (Å²) in [6.07, 6.45) is 1.34. The van der Waals surface area contributed by atoms with E-state index in [2.05, 4.69) is 9.98 Å². The summed E-state index contributed by atoms with van der Waals surface area (Å²) in [5.41, 5.74) is 5.87. The molecule has 0 saturated carbocycles. The van der Waals surface area contributed by atoms with Crippen LogP contribution in [0.15, 0.2) is 71.9 Å². The van der Waals surface area contributed by atoms with Crippen LogP contribution in [0.4, 0.5) is 4.39 Å². The zero-order valence-corrected chi connectivity index (χ0v) is 19.8. The van der Waals surface area contributed by atoms with Gasteiger partial charge < -0.3 is 14.7 Å². The number of nitrogens with two attached hydrogens (primary N) is 1. The molecule has 1 aliphatic rings. The predicted octanol–water partition coefficient (Wildman–Crippen LogP) is 2.27. The Hall–Kier alpha value is -3.83. The normalized spacial score (nSPS) is 18.0. The molecule has 182 valence electrons. The number of aliphatic imine (C=N–C) groups is 1. The number of methoxy groups -OCH3 is 1. The van der Waals surface area contributed by atoms with Crippen molar-refractivity contribution in [3.05, 3.63) is 83.9 Å². The minimum Gasteiger partial charge on any atom is -0.383 e. The van der Waals surface area contributed by atoms with E-state index in [0.29, 0.717) is 16.7 Å². The zero-order chi connectivity index (χ0) is 25.2. The number of carbonyl (C=O) groups is 1. The Kier molecular flexibility index (Phi) is 6.55. The molecule has 1 unspecified atom stereocenters. The highest BCUT2D eigenvalue weighted by molar-refractivity contribution is 7.87. The summed E-state index contributed by atoms with van der Waals surface area (Å²) in [6.45, 7) is -0.0340. The standard InChI is InChI=1S/C24H23FN4O5S/c1-29-22(30)24(28-23(29)26,17-7-3-6-16(14-17)20-10-5-11-27-21(20)25)18-8-4-9-19(15-18)34-35(31,32)13-12-33-2/h3-11,14-15H,12-13H2,1-2H3,(H2,26,28). The molecule has 9 nitrogen and oxygen atoms in total. The van der Waals surface area contributed by atoms with E-state index >= 15 is 0 Å². The quantitative estimate of drug-likeness (QED) is 0.373. The van der Waals surface area contributed by atoms with Gasteiger partial charge in [0.05, 0.1) is 6.61 Å². The Labute approximate surface area is 202 Å². The van der Waals surface area contributed by atoms with Crippen LogP contribution in [0.5, 0.6) is 5.75 Å². The molecule has 1 aliphatic heterocycles. The molecule has 0 fully saturated rings. The van der Waals surface area contributed by atoms with Crippen molar-refractivity contribution in [2.45, 2.75) is 5.54 Å². The molecule has 2 heterocycles. The van der Waals surface area contributed by atoms with Gasteiger partial charge in [-0.25, -0.2) is 9.98 Å². The molecule has 4 rings (SSSR count). The number of ether oxygens (including phenoxy) is 1. The van der Waals surface area contributed by atoms with Gasteiger partial charge >= 0.3 is 10.1 Å². The Morgan fingerprint density at radius 1 is 1.09 bits per heavy atom. The van der Waals surface area contributed by atoms with Gasteiger partial charge in [0.2, 0.25) is 5.95 Å². The molecule has 11 heteroatoms. The van der Waals surface area contributed by atoms with Crippen molar-refractivity contribution in [2.75, 3.05) is 26.5 Å². The van der Waals surface area contributed by atoms with Crippen molar-refractivity contribution < 1.29 is 26.5 Å². The number of guanidine groups is 1. The molecule has 1 amide bonds. The molecule has 2 aromatic carbocycles. The van der Waals surface area contributed by atoms with Crippen LogP contribution in [0, 0.1) is 5.95 Å². The van der Waals surface area contributed by atoms with E-state index in [0.717, 1.165) is 0 Å². The van der Waals surface area contributed by atoms with Crippen molar-refractivity contribution in [1.29, 1.82) is 0 Å². The topological polar surface area (TPSA) is 124 Å². The molecule has 1 aromatic heterocycles. The highest BCUT2D eigenvalue weighted by atomic mass is 32.2. The number of amides is 1. The van der Waals surface area contributed by atoms with E-state index in [9.17, 15) is 17.6 Å². The summed E-state index contributed by atoms with van der Waals surface area (Å²) >= 11 is 0. The third-order valence-electron chi connectivity index (χ3n) is 5.60. The smallest absolute Gasteiger partial charge is 0.311 e. The minimum absolute atomic E-state index is 0.00330. The number of benzene rings is 2. The first-order valence-electron chi connectivity index (χ1n) is 10.5. The number of pyridine rings is 1. The number of likely N-dealkylation sites (N-methyl/N-ethyl adjacent to an activating group) is 1. The van der Waals surface area contributed by atoms with E-state index < -0.39 is 27.5 Å². The lowest BCUT2D eigenvalue weighted by molar-refractivity contribution is -0.129. The molecule has 0 bridgehead atoms. The van der Waals surface area contributed by atoms with E-state index in [-0.39, 0.29) is 29.6 Å². The summed E-state index contributed by atoms with van der Waals surface area (Å²) in [4.78, 5) is 23.0. The van der Waals surface area contributed by atoms with Crippen molar-refractivity contribution in [2.24, 2.45) is 10.7 Å². The highest BCUT2D eigenvalue weighted by Crippen LogP contribution is 2.41. The minimum atomic E-state index is -3.93. The molecule has 0 aliphatic carbocycles. The van der Waals surface area contributed by atoms with Crippen LogP contribution >= 0.6 is 0 Å². The van der Waals surface area contributed by atoms with Crippen LogP contribution in [0.1, 0.15) is 11.1 Å². The second kappa shape index (κ2) is 9.43. The molecule has 2 N–H and O–H groups in total. The first kappa shape index (κ1) is 24.3. The number of hydrogen-bond donors (Lipinski definition) is 1. The van der Waals surface area contributed by atoms with E-state index in [1.54, 1.807) is 48.5 Å². The third-order valence-corrected chi connectivity index (χ3v) is 6.72. The van der Waals surface area contributed by atoms with Gasteiger partial charge in [0, 0.05) is 25.9 Å². The average molecular weight is 499 g/mol. The van der Waals surface area contributed by atoms with Gasteiger partial charge in [-0.1, -0.05) is 30.3 Å². The number of nitrogens with zero attached hydrogens (tertiary/aromatic N) is 3. The van der Waals surface area contributed by atoms with Crippen LogP contribution in [0.2, 0.25) is 0 Å². The van der Waals surface area contributed by atoms with Crippen LogP contribution in [0.3, 0.4) is 0 Å². The highest BCUT2D eigenvalue weighted by Gasteiger charge is 2.49. The Morgan fingerprint density at radius 2 is 1.80 bits per heavy atom. The molecule has 35 heavy (non-hydrogen) atoms.